The van der Waals surface area contributed by atoms with Crippen LogP contribution in [0.2, 0.25) is 0 Å². The summed E-state index contributed by atoms with van der Waals surface area (Å²) in [6.07, 6.45) is 4.36. The average Bonchev–Trinajstić information content (AvgIpc) is 3.26. The fourth-order valence-corrected chi connectivity index (χ4v) is 4.65. The molecule has 0 fully saturated rings. The lowest BCUT2D eigenvalue weighted by Gasteiger charge is -2.25. The highest BCUT2D eigenvalue weighted by Crippen LogP contribution is 2.38. The third-order valence-electron chi connectivity index (χ3n) is 6.54. The van der Waals surface area contributed by atoms with Crippen LogP contribution >= 0.6 is 0 Å². The van der Waals surface area contributed by atoms with E-state index < -0.39 is 0 Å². The second kappa shape index (κ2) is 10.2. The molecule has 2 aromatic heterocycles. The number of nitrogens with one attached hydrogen (secondary N) is 1. The van der Waals surface area contributed by atoms with Gasteiger partial charge in [0.05, 0.1) is 31.6 Å². The lowest BCUT2D eigenvalue weighted by atomic mass is 9.99. The highest BCUT2D eigenvalue weighted by molar-refractivity contribution is 5.98. The van der Waals surface area contributed by atoms with Crippen LogP contribution in [0.25, 0.3) is 27.6 Å². The lowest BCUT2D eigenvalue weighted by molar-refractivity contribution is 0.0998. The Morgan fingerprint density at radius 2 is 1.86 bits per heavy atom. The molecular weight excluding hydrogens is 454 g/mol. The van der Waals surface area contributed by atoms with E-state index in [-0.39, 0.29) is 12.7 Å². The molecule has 184 valence electrons. The minimum Gasteiger partial charge on any atom is -0.493 e. The minimum atomic E-state index is -0.297. The summed E-state index contributed by atoms with van der Waals surface area (Å²) in [6, 6.07) is 17.8. The monoisotopic (exact) mass is 483 g/mol. The van der Waals surface area contributed by atoms with Gasteiger partial charge in [-0.25, -0.2) is 4.79 Å². The Kier molecular flexibility index (Phi) is 6.62. The summed E-state index contributed by atoms with van der Waals surface area (Å²) >= 11 is 0. The summed E-state index contributed by atoms with van der Waals surface area (Å²) < 4.78 is 16.4. The fourth-order valence-electron chi connectivity index (χ4n) is 4.65. The van der Waals surface area contributed by atoms with Crippen molar-refractivity contribution in [3.8, 4) is 22.6 Å². The van der Waals surface area contributed by atoms with Gasteiger partial charge in [-0.15, -0.1) is 0 Å². The van der Waals surface area contributed by atoms with Crippen molar-refractivity contribution >= 4 is 22.6 Å². The normalized spacial score (nSPS) is 13.4. The first kappa shape index (κ1) is 23.5. The van der Waals surface area contributed by atoms with Gasteiger partial charge in [0.25, 0.3) is 0 Å². The van der Waals surface area contributed by atoms with Crippen LogP contribution in [-0.4, -0.2) is 48.3 Å². The number of hydrogen-bond donors (Lipinski definition) is 1. The van der Waals surface area contributed by atoms with E-state index in [9.17, 15) is 4.79 Å². The van der Waals surface area contributed by atoms with E-state index in [1.165, 1.54) is 0 Å². The Labute approximate surface area is 210 Å². The third kappa shape index (κ3) is 4.64. The lowest BCUT2D eigenvalue weighted by Crippen LogP contribution is -2.35. The highest BCUT2D eigenvalue weighted by Gasteiger charge is 2.21. The Hall–Kier alpha value is -4.26. The van der Waals surface area contributed by atoms with E-state index in [4.69, 9.17) is 19.2 Å². The Balaban J connectivity index is 1.36. The number of aromatic amines is 1. The summed E-state index contributed by atoms with van der Waals surface area (Å²) in [7, 11) is 3.27. The van der Waals surface area contributed by atoms with E-state index in [0.717, 1.165) is 44.6 Å². The second-order valence-electron chi connectivity index (χ2n) is 8.78. The number of hydrogen-bond acceptors (Lipinski definition) is 5. The summed E-state index contributed by atoms with van der Waals surface area (Å²) in [4.78, 5) is 22.4. The number of benzene rings is 2. The number of carbonyl (C=O) groups excluding carboxylic acids is 1. The van der Waals surface area contributed by atoms with Crippen LogP contribution in [0.3, 0.4) is 0 Å². The molecule has 1 amide bonds. The van der Waals surface area contributed by atoms with Gasteiger partial charge in [-0.2, -0.15) is 0 Å². The van der Waals surface area contributed by atoms with Gasteiger partial charge in [-0.05, 0) is 48.2 Å². The molecule has 0 radical (unpaired) electrons. The molecule has 0 spiro atoms. The van der Waals surface area contributed by atoms with Crippen LogP contribution in [-0.2, 0) is 11.3 Å². The van der Waals surface area contributed by atoms with Crippen LogP contribution in [0.1, 0.15) is 23.4 Å². The van der Waals surface area contributed by atoms with Crippen molar-refractivity contribution in [2.75, 3.05) is 27.3 Å². The van der Waals surface area contributed by atoms with E-state index >= 15 is 0 Å². The smallest absolute Gasteiger partial charge is 0.410 e. The van der Waals surface area contributed by atoms with E-state index in [1.807, 2.05) is 54.7 Å². The second-order valence-corrected chi connectivity index (χ2v) is 8.78. The molecule has 7 nitrogen and oxygen atoms in total. The predicted octanol–water partition coefficient (Wildman–Crippen LogP) is 5.98. The molecule has 0 bridgehead atoms. The zero-order chi connectivity index (χ0) is 25.1. The van der Waals surface area contributed by atoms with Gasteiger partial charge in [-0.3, -0.25) is 4.98 Å². The van der Waals surface area contributed by atoms with Crippen molar-refractivity contribution in [1.82, 2.24) is 14.9 Å². The molecule has 1 aliphatic rings. The van der Waals surface area contributed by atoms with Gasteiger partial charge in [0.15, 0.2) is 11.5 Å². The van der Waals surface area contributed by atoms with Crippen molar-refractivity contribution in [1.29, 1.82) is 0 Å². The molecule has 1 aliphatic heterocycles. The van der Waals surface area contributed by atoms with Gasteiger partial charge in [0, 0.05) is 29.7 Å². The molecule has 0 atom stereocenters. The number of rotatable bonds is 6. The van der Waals surface area contributed by atoms with Crippen LogP contribution in [0, 0.1) is 6.92 Å². The summed E-state index contributed by atoms with van der Waals surface area (Å²) in [5, 5.41) is 1.09. The number of fused-ring (bicyclic) bond motifs is 1. The van der Waals surface area contributed by atoms with Gasteiger partial charge in [-0.1, -0.05) is 42.5 Å². The summed E-state index contributed by atoms with van der Waals surface area (Å²) in [5.41, 5.74) is 7.20. The number of aromatic nitrogens is 2. The van der Waals surface area contributed by atoms with Crippen LogP contribution < -0.4 is 9.47 Å². The number of nitrogens with zero attached hydrogens (tertiary/aromatic N) is 2. The van der Waals surface area contributed by atoms with Gasteiger partial charge < -0.3 is 24.1 Å². The van der Waals surface area contributed by atoms with Crippen molar-refractivity contribution in [3.05, 3.63) is 83.8 Å². The Morgan fingerprint density at radius 3 is 2.58 bits per heavy atom. The molecule has 0 saturated carbocycles. The molecule has 0 aliphatic carbocycles. The first-order valence-corrected chi connectivity index (χ1v) is 11.9. The Bertz CT molecular complexity index is 1430. The van der Waals surface area contributed by atoms with Gasteiger partial charge in [0.2, 0.25) is 0 Å². The molecule has 5 rings (SSSR count). The van der Waals surface area contributed by atoms with Gasteiger partial charge in [0.1, 0.15) is 6.61 Å². The SMILES string of the molecule is COc1ccc(-c2c(C)[nH]c3cnc(C4=CCN(C(=O)OCc5ccccc5)CC4)cc23)cc1OC. The highest BCUT2D eigenvalue weighted by atomic mass is 16.6. The third-order valence-corrected chi connectivity index (χ3v) is 6.54. The van der Waals surface area contributed by atoms with Gasteiger partial charge >= 0.3 is 6.09 Å². The van der Waals surface area contributed by atoms with Crippen molar-refractivity contribution in [2.24, 2.45) is 0 Å². The molecule has 3 heterocycles. The average molecular weight is 484 g/mol. The molecule has 1 N–H and O–H groups in total. The maximum absolute atomic E-state index is 12.5. The number of amides is 1. The molecule has 36 heavy (non-hydrogen) atoms. The van der Waals surface area contributed by atoms with Crippen LogP contribution in [0.15, 0.2) is 66.9 Å². The number of carbonyl (C=O) groups is 1. The van der Waals surface area contributed by atoms with E-state index in [2.05, 4.69) is 24.1 Å². The number of methoxy groups -OCH3 is 2. The molecule has 0 unspecified atom stereocenters. The number of aryl methyl sites for hydroxylation is 1. The molecule has 4 aromatic rings. The fraction of sp³-hybridized carbons (Fsp3) is 0.241. The Morgan fingerprint density at radius 1 is 1.06 bits per heavy atom. The van der Waals surface area contributed by atoms with Crippen LogP contribution in [0.4, 0.5) is 4.79 Å². The van der Waals surface area contributed by atoms with E-state index in [0.29, 0.717) is 31.0 Å². The number of pyridine rings is 1. The summed E-state index contributed by atoms with van der Waals surface area (Å²) in [6.45, 7) is 3.42. The molecule has 0 saturated heterocycles. The summed E-state index contributed by atoms with van der Waals surface area (Å²) in [5.74, 6) is 1.38. The van der Waals surface area contributed by atoms with Crippen molar-refractivity contribution < 1.29 is 19.0 Å². The molecule has 7 heteroatoms. The zero-order valence-electron chi connectivity index (χ0n) is 20.7. The largest absolute Gasteiger partial charge is 0.493 e. The van der Waals surface area contributed by atoms with Crippen LogP contribution in [0.5, 0.6) is 11.5 Å². The first-order valence-electron chi connectivity index (χ1n) is 11.9. The maximum atomic E-state index is 12.5. The van der Waals surface area contributed by atoms with Crippen molar-refractivity contribution in [3.63, 3.8) is 0 Å². The maximum Gasteiger partial charge on any atom is 0.410 e. The standard InChI is InChI=1S/C29H29N3O4/c1-19-28(22-9-10-26(34-2)27(15-22)35-3)23-16-24(30-17-25(23)31-19)21-11-13-32(14-12-21)29(33)36-18-20-7-5-4-6-8-20/h4-11,15-17,31H,12-14,18H2,1-3H3. The minimum absolute atomic E-state index is 0.275. The van der Waals surface area contributed by atoms with Crippen molar-refractivity contribution in [2.45, 2.75) is 20.0 Å². The zero-order valence-corrected chi connectivity index (χ0v) is 20.7. The predicted molar refractivity (Wildman–Crippen MR) is 140 cm³/mol. The molecular formula is C29H29N3O4. The first-order chi connectivity index (χ1) is 17.6. The van der Waals surface area contributed by atoms with E-state index in [1.54, 1.807) is 19.1 Å². The number of ether oxygens (including phenoxy) is 3. The topological polar surface area (TPSA) is 76.7 Å². The molecule has 2 aromatic carbocycles. The quantitative estimate of drug-likeness (QED) is 0.365. The number of H-pyrrole nitrogens is 1.